The van der Waals surface area contributed by atoms with Crippen molar-refractivity contribution >= 4 is 23.6 Å². The lowest BCUT2D eigenvalue weighted by molar-refractivity contribution is -0.149. The molecule has 3 heterocycles. The number of methoxy groups -OCH3 is 1. The van der Waals surface area contributed by atoms with Crippen LogP contribution in [0.3, 0.4) is 0 Å². The van der Waals surface area contributed by atoms with Crippen LogP contribution in [0.2, 0.25) is 0 Å². The average molecular weight is 529 g/mol. The third kappa shape index (κ3) is 8.18. The second kappa shape index (κ2) is 13.4. The number of unbranched alkanes of at least 4 members (excludes halogenated alkanes) is 4. The van der Waals surface area contributed by atoms with E-state index in [0.29, 0.717) is 32.4 Å². The number of nitrogens with zero attached hydrogens (tertiary/aromatic N) is 2. The van der Waals surface area contributed by atoms with Gasteiger partial charge in [0.1, 0.15) is 11.9 Å². The highest BCUT2D eigenvalue weighted by molar-refractivity contribution is 5.88. The predicted molar refractivity (Wildman–Crippen MR) is 150 cm³/mol. The smallest absolute Gasteiger partial charge is 0.328 e. The zero-order chi connectivity index (χ0) is 27.8. The molecule has 2 amide bonds. The van der Waals surface area contributed by atoms with Crippen molar-refractivity contribution in [2.75, 3.05) is 32.1 Å². The van der Waals surface area contributed by atoms with E-state index in [1.165, 1.54) is 19.1 Å². The molecule has 3 rings (SSSR count). The molecule has 1 atom stereocenters. The number of ether oxygens (including phenoxy) is 1. The summed E-state index contributed by atoms with van der Waals surface area (Å²) in [6.07, 6.45) is 10.2. The van der Waals surface area contributed by atoms with Crippen LogP contribution in [-0.4, -0.2) is 60.5 Å². The van der Waals surface area contributed by atoms with Crippen LogP contribution in [0.15, 0.2) is 12.1 Å². The highest BCUT2D eigenvalue weighted by Gasteiger charge is 2.41. The fourth-order valence-corrected chi connectivity index (χ4v) is 5.32. The maximum Gasteiger partial charge on any atom is 0.328 e. The van der Waals surface area contributed by atoms with Gasteiger partial charge in [0.2, 0.25) is 11.8 Å². The zero-order valence-corrected chi connectivity index (χ0v) is 24.2. The maximum absolute atomic E-state index is 13.2. The van der Waals surface area contributed by atoms with Gasteiger partial charge in [-0.05, 0) is 56.6 Å². The Morgan fingerprint density at radius 3 is 2.47 bits per heavy atom. The Bertz CT molecular complexity index is 963. The number of nitrogens with one attached hydrogen (secondary N) is 2. The van der Waals surface area contributed by atoms with Crippen LogP contribution < -0.4 is 10.6 Å². The number of fused-ring (bicyclic) bond motifs is 1. The van der Waals surface area contributed by atoms with Crippen molar-refractivity contribution < 1.29 is 19.1 Å². The molecule has 2 N–H and O–H groups in total. The van der Waals surface area contributed by atoms with Crippen LogP contribution in [-0.2, 0) is 32.0 Å². The Hall–Kier alpha value is -2.64. The molecule has 0 unspecified atom stereocenters. The fraction of sp³-hybridized carbons (Fsp3) is 0.733. The molecule has 212 valence electrons. The highest BCUT2D eigenvalue weighted by atomic mass is 16.5. The van der Waals surface area contributed by atoms with E-state index in [0.717, 1.165) is 63.0 Å². The van der Waals surface area contributed by atoms with E-state index >= 15 is 0 Å². The summed E-state index contributed by atoms with van der Waals surface area (Å²) in [7, 11) is 1.37. The fourth-order valence-electron chi connectivity index (χ4n) is 5.32. The van der Waals surface area contributed by atoms with Crippen molar-refractivity contribution in [3.05, 3.63) is 23.4 Å². The number of hydrogen-bond acceptors (Lipinski definition) is 6. The molecule has 0 spiro atoms. The second-order valence-corrected chi connectivity index (χ2v) is 12.3. The first-order valence-electron chi connectivity index (χ1n) is 14.4. The predicted octanol–water partition coefficient (Wildman–Crippen LogP) is 4.66. The van der Waals surface area contributed by atoms with E-state index < -0.39 is 22.8 Å². The highest BCUT2D eigenvalue weighted by Crippen LogP contribution is 2.33. The van der Waals surface area contributed by atoms with E-state index in [9.17, 15) is 14.4 Å². The van der Waals surface area contributed by atoms with Gasteiger partial charge in [0.05, 0.1) is 7.11 Å². The van der Waals surface area contributed by atoms with Gasteiger partial charge in [0.25, 0.3) is 0 Å². The van der Waals surface area contributed by atoms with Gasteiger partial charge in [-0.15, -0.1) is 0 Å². The number of rotatable bonds is 11. The molecule has 2 aliphatic rings. The molecule has 0 saturated carbocycles. The SMILES string of the molecule is COC(=O)[C@H](CCCCCCCc1ccc2c(n1)NCCC2)NC(=O)C1(C)CCN(C(=O)C(C)(C)C)CC1. The summed E-state index contributed by atoms with van der Waals surface area (Å²) in [4.78, 5) is 44.8. The molecular weight excluding hydrogens is 480 g/mol. The van der Waals surface area contributed by atoms with E-state index in [1.54, 1.807) is 0 Å². The van der Waals surface area contributed by atoms with Crippen LogP contribution in [0.4, 0.5) is 5.82 Å². The molecule has 8 nitrogen and oxygen atoms in total. The Kier molecular flexibility index (Phi) is 10.6. The number of pyridine rings is 1. The van der Waals surface area contributed by atoms with Crippen molar-refractivity contribution in [2.45, 2.75) is 104 Å². The monoisotopic (exact) mass is 528 g/mol. The van der Waals surface area contributed by atoms with Gasteiger partial charge in [-0.2, -0.15) is 0 Å². The molecule has 0 aromatic carbocycles. The van der Waals surface area contributed by atoms with E-state index in [4.69, 9.17) is 9.72 Å². The normalized spacial score (nSPS) is 17.7. The largest absolute Gasteiger partial charge is 0.467 e. The number of likely N-dealkylation sites (tertiary alicyclic amines) is 1. The number of carbonyl (C=O) groups is 3. The Labute approximate surface area is 228 Å². The number of esters is 1. The number of aryl methyl sites for hydroxylation is 2. The summed E-state index contributed by atoms with van der Waals surface area (Å²) in [6, 6.07) is 3.73. The van der Waals surface area contributed by atoms with Gasteiger partial charge in [0, 0.05) is 36.2 Å². The van der Waals surface area contributed by atoms with Gasteiger partial charge < -0.3 is 20.3 Å². The van der Waals surface area contributed by atoms with Crippen molar-refractivity contribution in [3.8, 4) is 0 Å². The van der Waals surface area contributed by atoms with Crippen LogP contribution in [0.1, 0.15) is 96.7 Å². The maximum atomic E-state index is 13.2. The molecule has 0 aliphatic carbocycles. The molecule has 1 fully saturated rings. The Morgan fingerprint density at radius 2 is 1.79 bits per heavy atom. The summed E-state index contributed by atoms with van der Waals surface area (Å²) in [5.74, 6) is 0.656. The molecule has 0 radical (unpaired) electrons. The first-order valence-corrected chi connectivity index (χ1v) is 14.4. The summed E-state index contributed by atoms with van der Waals surface area (Å²) in [5.41, 5.74) is 1.44. The van der Waals surface area contributed by atoms with Crippen LogP contribution in [0, 0.1) is 10.8 Å². The first kappa shape index (κ1) is 29.9. The zero-order valence-electron chi connectivity index (χ0n) is 24.2. The lowest BCUT2D eigenvalue weighted by Gasteiger charge is -2.40. The van der Waals surface area contributed by atoms with Crippen LogP contribution in [0.5, 0.6) is 0 Å². The van der Waals surface area contributed by atoms with Crippen molar-refractivity contribution in [2.24, 2.45) is 10.8 Å². The lowest BCUT2D eigenvalue weighted by atomic mass is 9.78. The van der Waals surface area contributed by atoms with Gasteiger partial charge in [-0.3, -0.25) is 9.59 Å². The molecule has 1 saturated heterocycles. The molecule has 1 aromatic heterocycles. The summed E-state index contributed by atoms with van der Waals surface area (Å²) in [5, 5.41) is 6.37. The van der Waals surface area contributed by atoms with Crippen molar-refractivity contribution in [3.63, 3.8) is 0 Å². The van der Waals surface area contributed by atoms with Gasteiger partial charge in [-0.25, -0.2) is 9.78 Å². The third-order valence-electron chi connectivity index (χ3n) is 8.01. The Balaban J connectivity index is 1.38. The molecular formula is C30H48N4O4. The number of hydrogen-bond donors (Lipinski definition) is 2. The average Bonchev–Trinajstić information content (AvgIpc) is 2.90. The van der Waals surface area contributed by atoms with E-state index in [-0.39, 0.29) is 11.8 Å². The topological polar surface area (TPSA) is 101 Å². The van der Waals surface area contributed by atoms with E-state index in [1.807, 2.05) is 32.6 Å². The third-order valence-corrected chi connectivity index (χ3v) is 8.01. The summed E-state index contributed by atoms with van der Waals surface area (Å²) < 4.78 is 4.98. The van der Waals surface area contributed by atoms with Gasteiger partial charge >= 0.3 is 5.97 Å². The van der Waals surface area contributed by atoms with Crippen LogP contribution >= 0.6 is 0 Å². The van der Waals surface area contributed by atoms with Gasteiger partial charge in [-0.1, -0.05) is 59.4 Å². The molecule has 0 bridgehead atoms. The lowest BCUT2D eigenvalue weighted by Crippen LogP contribution is -2.53. The number of amides is 2. The number of carbonyl (C=O) groups excluding carboxylic acids is 3. The van der Waals surface area contributed by atoms with Gasteiger partial charge in [0.15, 0.2) is 0 Å². The summed E-state index contributed by atoms with van der Waals surface area (Å²) in [6.45, 7) is 9.80. The molecule has 8 heteroatoms. The van der Waals surface area contributed by atoms with Crippen LogP contribution in [0.25, 0.3) is 0 Å². The number of aromatic nitrogens is 1. The molecule has 38 heavy (non-hydrogen) atoms. The quantitative estimate of drug-likeness (QED) is 0.320. The van der Waals surface area contributed by atoms with Crippen molar-refractivity contribution in [1.82, 2.24) is 15.2 Å². The first-order chi connectivity index (χ1) is 18.0. The molecule has 2 aliphatic heterocycles. The molecule has 1 aromatic rings. The number of piperidine rings is 1. The minimum Gasteiger partial charge on any atom is -0.467 e. The number of anilines is 1. The van der Waals surface area contributed by atoms with Crippen molar-refractivity contribution in [1.29, 1.82) is 0 Å². The Morgan fingerprint density at radius 1 is 1.11 bits per heavy atom. The standard InChI is InChI=1S/C30H48N4O4/c1-29(2,3)28(37)34-20-17-30(4,18-21-34)27(36)33-24(26(35)38-5)14-10-8-6-7-9-13-23-16-15-22-12-11-19-31-25(22)32-23/h15-16,24H,6-14,17-21H2,1-5H3,(H,31,32)(H,33,36)/t24-/m0/s1. The summed E-state index contributed by atoms with van der Waals surface area (Å²) >= 11 is 0. The van der Waals surface area contributed by atoms with E-state index in [2.05, 4.69) is 22.8 Å². The minimum atomic E-state index is -0.634. The minimum absolute atomic E-state index is 0.114. The second-order valence-electron chi connectivity index (χ2n) is 12.3.